The van der Waals surface area contributed by atoms with Crippen LogP contribution in [0.25, 0.3) is 0 Å². The quantitative estimate of drug-likeness (QED) is 0.684. The molecule has 0 radical (unpaired) electrons. The maximum Gasteiger partial charge on any atom is 0.328 e. The van der Waals surface area contributed by atoms with E-state index in [-0.39, 0.29) is 5.97 Å². The second kappa shape index (κ2) is 6.07. The molecule has 0 aromatic heterocycles. The largest absolute Gasteiger partial charge is 0.484 e. The number of hydrogen-bond donors (Lipinski definition) is 1. The first-order chi connectivity index (χ1) is 10.2. The van der Waals surface area contributed by atoms with E-state index in [0.29, 0.717) is 30.5 Å². The minimum Gasteiger partial charge on any atom is -0.484 e. The molecule has 1 heterocycles. The van der Waals surface area contributed by atoms with Crippen molar-refractivity contribution < 1.29 is 14.3 Å². The number of para-hydroxylation sites is 1. The summed E-state index contributed by atoms with van der Waals surface area (Å²) < 4.78 is 11.4. The van der Waals surface area contributed by atoms with Crippen molar-refractivity contribution in [2.45, 2.75) is 46.3 Å². The topological polar surface area (TPSA) is 64.8 Å². The Bertz CT molecular complexity index is 555. The van der Waals surface area contributed by atoms with E-state index >= 15 is 0 Å². The fraction of sp³-hybridized carbons (Fsp3) is 0.588. The first-order valence-electron chi connectivity index (χ1n) is 7.72. The van der Waals surface area contributed by atoms with E-state index in [4.69, 9.17) is 15.2 Å². The third-order valence-electron chi connectivity index (χ3n) is 3.62. The molecule has 0 saturated heterocycles. The van der Waals surface area contributed by atoms with Gasteiger partial charge in [-0.25, -0.2) is 4.79 Å². The SMILES string of the molecule is CC(C)COC(=O)C(C)N1CC(C)(C)Oc2cccc(N)c21. The number of ether oxygens (including phenoxy) is 2. The Labute approximate surface area is 132 Å². The number of nitrogens with two attached hydrogens (primary N) is 1. The van der Waals surface area contributed by atoms with E-state index in [1.165, 1.54) is 0 Å². The van der Waals surface area contributed by atoms with Crippen LogP contribution < -0.4 is 15.4 Å². The Morgan fingerprint density at radius 1 is 1.41 bits per heavy atom. The molecule has 0 saturated carbocycles. The number of rotatable bonds is 4. The second-order valence-electron chi connectivity index (χ2n) is 6.88. The molecule has 0 fully saturated rings. The lowest BCUT2D eigenvalue weighted by atomic mass is 10.0. The van der Waals surface area contributed by atoms with Gasteiger partial charge in [0.2, 0.25) is 0 Å². The average molecular weight is 306 g/mol. The van der Waals surface area contributed by atoms with Gasteiger partial charge >= 0.3 is 5.97 Å². The first-order valence-corrected chi connectivity index (χ1v) is 7.72. The predicted octanol–water partition coefficient (Wildman–Crippen LogP) is 2.83. The average Bonchev–Trinajstić information content (AvgIpc) is 2.41. The van der Waals surface area contributed by atoms with E-state index in [2.05, 4.69) is 0 Å². The highest BCUT2D eigenvalue weighted by molar-refractivity contribution is 5.85. The Hall–Kier alpha value is -1.91. The molecule has 122 valence electrons. The van der Waals surface area contributed by atoms with Crippen LogP contribution in [0.5, 0.6) is 5.75 Å². The third-order valence-corrected chi connectivity index (χ3v) is 3.62. The number of hydrogen-bond acceptors (Lipinski definition) is 5. The number of anilines is 2. The van der Waals surface area contributed by atoms with E-state index in [0.717, 1.165) is 5.69 Å². The van der Waals surface area contributed by atoms with Gasteiger partial charge in [-0.1, -0.05) is 19.9 Å². The van der Waals surface area contributed by atoms with Crippen molar-refractivity contribution in [2.24, 2.45) is 5.92 Å². The number of nitrogens with zero attached hydrogens (tertiary/aromatic N) is 1. The summed E-state index contributed by atoms with van der Waals surface area (Å²) in [5.74, 6) is 0.787. The van der Waals surface area contributed by atoms with Gasteiger partial charge in [-0.3, -0.25) is 0 Å². The molecule has 0 bridgehead atoms. The number of carbonyl (C=O) groups is 1. The van der Waals surface area contributed by atoms with Crippen molar-refractivity contribution in [2.75, 3.05) is 23.8 Å². The molecule has 1 aromatic rings. The highest BCUT2D eigenvalue weighted by Gasteiger charge is 2.37. The normalized spacial score (nSPS) is 17.6. The van der Waals surface area contributed by atoms with Gasteiger partial charge in [0.25, 0.3) is 0 Å². The van der Waals surface area contributed by atoms with Crippen molar-refractivity contribution in [1.82, 2.24) is 0 Å². The van der Waals surface area contributed by atoms with Crippen LogP contribution in [0.1, 0.15) is 34.6 Å². The van der Waals surface area contributed by atoms with Gasteiger partial charge < -0.3 is 20.1 Å². The summed E-state index contributed by atoms with van der Waals surface area (Å²) in [5.41, 5.74) is 7.09. The van der Waals surface area contributed by atoms with Crippen molar-refractivity contribution in [3.63, 3.8) is 0 Å². The molecule has 1 aliphatic rings. The Morgan fingerprint density at radius 2 is 2.09 bits per heavy atom. The third kappa shape index (κ3) is 3.46. The summed E-state index contributed by atoms with van der Waals surface area (Å²) >= 11 is 0. The molecule has 1 unspecified atom stereocenters. The highest BCUT2D eigenvalue weighted by atomic mass is 16.5. The Kier molecular flexibility index (Phi) is 4.54. The zero-order valence-corrected chi connectivity index (χ0v) is 14.1. The van der Waals surface area contributed by atoms with E-state index in [1.807, 2.05) is 57.7 Å². The number of esters is 1. The summed E-state index contributed by atoms with van der Waals surface area (Å²) in [6.45, 7) is 10.9. The molecular weight excluding hydrogens is 280 g/mol. The van der Waals surface area contributed by atoms with Gasteiger partial charge in [0.05, 0.1) is 18.8 Å². The minimum absolute atomic E-state index is 0.236. The summed E-state index contributed by atoms with van der Waals surface area (Å²) in [6.07, 6.45) is 0. The molecule has 5 heteroatoms. The zero-order valence-electron chi connectivity index (χ0n) is 14.1. The van der Waals surface area contributed by atoms with Crippen molar-refractivity contribution in [3.05, 3.63) is 18.2 Å². The number of benzene rings is 1. The number of carbonyl (C=O) groups excluding carboxylic acids is 1. The first kappa shape index (κ1) is 16.5. The monoisotopic (exact) mass is 306 g/mol. The van der Waals surface area contributed by atoms with Crippen molar-refractivity contribution >= 4 is 17.3 Å². The number of fused-ring (bicyclic) bond motifs is 1. The van der Waals surface area contributed by atoms with Crippen molar-refractivity contribution in [3.8, 4) is 5.75 Å². The summed E-state index contributed by atoms with van der Waals surface area (Å²) in [5, 5.41) is 0. The van der Waals surface area contributed by atoms with Gasteiger partial charge in [0.1, 0.15) is 23.1 Å². The van der Waals surface area contributed by atoms with Gasteiger partial charge in [-0.15, -0.1) is 0 Å². The van der Waals surface area contributed by atoms with Crippen LogP contribution in [0.3, 0.4) is 0 Å². The van der Waals surface area contributed by atoms with Crippen LogP contribution in [0.15, 0.2) is 18.2 Å². The van der Waals surface area contributed by atoms with Gasteiger partial charge in [0, 0.05) is 0 Å². The molecule has 1 aromatic carbocycles. The summed E-state index contributed by atoms with van der Waals surface area (Å²) in [6, 6.07) is 5.14. The molecule has 2 N–H and O–H groups in total. The molecule has 1 atom stereocenters. The van der Waals surface area contributed by atoms with Crippen LogP contribution in [-0.2, 0) is 9.53 Å². The fourth-order valence-electron chi connectivity index (χ4n) is 2.58. The van der Waals surface area contributed by atoms with E-state index in [9.17, 15) is 4.79 Å². The van der Waals surface area contributed by atoms with Crippen LogP contribution in [0.2, 0.25) is 0 Å². The summed E-state index contributed by atoms with van der Waals surface area (Å²) in [7, 11) is 0. The molecule has 0 spiro atoms. The van der Waals surface area contributed by atoms with Crippen LogP contribution in [-0.4, -0.2) is 30.8 Å². The van der Waals surface area contributed by atoms with Gasteiger partial charge in [0.15, 0.2) is 0 Å². The Morgan fingerprint density at radius 3 is 2.73 bits per heavy atom. The zero-order chi connectivity index (χ0) is 16.5. The van der Waals surface area contributed by atoms with Crippen LogP contribution in [0.4, 0.5) is 11.4 Å². The molecular formula is C17H26N2O3. The standard InChI is InChI=1S/C17H26N2O3/c1-11(2)9-21-16(20)12(3)19-10-17(4,5)22-14-8-6-7-13(18)15(14)19/h6-8,11-12H,9-10,18H2,1-5H3. The fourth-order valence-corrected chi connectivity index (χ4v) is 2.58. The second-order valence-corrected chi connectivity index (χ2v) is 6.88. The van der Waals surface area contributed by atoms with Crippen LogP contribution in [0, 0.1) is 5.92 Å². The number of nitrogen functional groups attached to an aromatic ring is 1. The molecule has 2 rings (SSSR count). The summed E-state index contributed by atoms with van der Waals surface area (Å²) in [4.78, 5) is 14.3. The lowest BCUT2D eigenvalue weighted by Crippen LogP contribution is -2.53. The van der Waals surface area contributed by atoms with Gasteiger partial charge in [-0.2, -0.15) is 0 Å². The minimum atomic E-state index is -0.412. The van der Waals surface area contributed by atoms with Gasteiger partial charge in [-0.05, 0) is 38.8 Å². The highest BCUT2D eigenvalue weighted by Crippen LogP contribution is 2.42. The van der Waals surface area contributed by atoms with Crippen LogP contribution >= 0.6 is 0 Å². The Balaban J connectivity index is 2.28. The smallest absolute Gasteiger partial charge is 0.328 e. The molecule has 5 nitrogen and oxygen atoms in total. The molecule has 22 heavy (non-hydrogen) atoms. The maximum absolute atomic E-state index is 12.3. The predicted molar refractivity (Wildman–Crippen MR) is 88.2 cm³/mol. The lowest BCUT2D eigenvalue weighted by Gasteiger charge is -2.43. The molecule has 1 aliphatic heterocycles. The lowest BCUT2D eigenvalue weighted by molar-refractivity contribution is -0.146. The maximum atomic E-state index is 12.3. The van der Waals surface area contributed by atoms with E-state index < -0.39 is 11.6 Å². The van der Waals surface area contributed by atoms with Crippen molar-refractivity contribution in [1.29, 1.82) is 0 Å². The molecule has 0 aliphatic carbocycles. The van der Waals surface area contributed by atoms with E-state index in [1.54, 1.807) is 0 Å². The molecule has 0 amide bonds.